The van der Waals surface area contributed by atoms with Gasteiger partial charge in [0.2, 0.25) is 0 Å². The smallest absolute Gasteiger partial charge is 0.184 e. The molecule has 1 spiro atoms. The molecule has 0 amide bonds. The Morgan fingerprint density at radius 3 is 2.02 bits per heavy atom. The first-order valence-electron chi connectivity index (χ1n) is 18.5. The molecule has 0 saturated heterocycles. The Morgan fingerprint density at radius 1 is 0.610 bits per heavy atom. The average molecular weight is 949 g/mol. The molecule has 1 radical (unpaired) electrons. The van der Waals surface area contributed by atoms with Gasteiger partial charge in [0, 0.05) is 65.1 Å². The van der Waals surface area contributed by atoms with E-state index in [0.29, 0.717) is 11.5 Å². The molecule has 297 valence electrons. The van der Waals surface area contributed by atoms with Crippen LogP contribution in [0.1, 0.15) is 47.6 Å². The Labute approximate surface area is 373 Å². The monoisotopic (exact) mass is 949 g/mol. The Kier molecular flexibility index (Phi) is 10.1. The van der Waals surface area contributed by atoms with E-state index in [0.717, 1.165) is 61.0 Å². The molecule has 0 bridgehead atoms. The minimum Gasteiger partial charge on any atom is -0.403 e. The number of pyridine rings is 1. The van der Waals surface area contributed by atoms with Crippen LogP contribution in [0.2, 0.25) is 0 Å². The van der Waals surface area contributed by atoms with Crippen LogP contribution in [0.3, 0.4) is 0 Å². The molecule has 0 saturated carbocycles. The fourth-order valence-corrected chi connectivity index (χ4v) is 8.48. The maximum Gasteiger partial charge on any atom is 0.184 e. The van der Waals surface area contributed by atoms with E-state index in [1.54, 1.807) is 0 Å². The zero-order valence-electron chi connectivity index (χ0n) is 32.0. The van der Waals surface area contributed by atoms with Gasteiger partial charge in [0.15, 0.2) is 11.5 Å². The fourth-order valence-electron chi connectivity index (χ4n) is 8.48. The average Bonchev–Trinajstić information content (AvgIpc) is 3.69. The summed E-state index contributed by atoms with van der Waals surface area (Å²) in [5.41, 5.74) is 14.8. The van der Waals surface area contributed by atoms with Gasteiger partial charge in [0.25, 0.3) is 0 Å². The number of aromatic nitrogens is 1. The van der Waals surface area contributed by atoms with Crippen LogP contribution >= 0.6 is 0 Å². The van der Waals surface area contributed by atoms with E-state index in [4.69, 9.17) is 22.3 Å². The number of nitrogens with zero attached hydrogens (tertiary/aromatic N) is 1. The van der Waals surface area contributed by atoms with Crippen molar-refractivity contribution in [3.8, 4) is 129 Å². The van der Waals surface area contributed by atoms with Crippen LogP contribution in [0.4, 0.5) is 0 Å². The molecular formula is C55H50IrNO2-. The number of fused-ring (bicyclic) bond motifs is 11. The zero-order chi connectivity index (χ0) is 39.8. The van der Waals surface area contributed by atoms with Crippen molar-refractivity contribution in [2.24, 2.45) is 0 Å². The summed E-state index contributed by atoms with van der Waals surface area (Å²) in [6.45, 7) is 4.30. The molecule has 9 rings (SSSR count). The Bertz CT molecular complexity index is 3320. The molecular weight excluding hydrogens is 899 g/mol. The van der Waals surface area contributed by atoms with E-state index < -0.39 is 5.41 Å². The van der Waals surface area contributed by atoms with Crippen molar-refractivity contribution in [2.45, 2.75) is 19.3 Å². The number of ether oxygens (including phenoxy) is 2. The van der Waals surface area contributed by atoms with Gasteiger partial charge < -0.3 is 14.0 Å². The maximum atomic E-state index is 6.07. The molecule has 59 heavy (non-hydrogen) atoms. The van der Waals surface area contributed by atoms with Gasteiger partial charge >= 0.3 is 0 Å². The molecule has 0 fully saturated rings. The summed E-state index contributed by atoms with van der Waals surface area (Å²) in [7, 11) is 4.32. The Balaban J connectivity index is -0.00000396. The first-order chi connectivity index (χ1) is 28.4. The molecule has 0 aliphatic heterocycles. The fraction of sp³-hybridized carbons (Fsp3) is 0.0545. The molecule has 1 aromatic heterocycles. The van der Waals surface area contributed by atoms with E-state index in [1.807, 2.05) is 29.0 Å². The first kappa shape index (κ1) is 38.1. The molecule has 1 unspecified atom stereocenters. The summed E-state index contributed by atoms with van der Waals surface area (Å²) in [6.07, 6.45) is 17.9. The third-order valence-corrected chi connectivity index (χ3v) is 11.0. The molecule has 3 nitrogen and oxygen atoms in total. The second-order valence-corrected chi connectivity index (χ2v) is 14.0. The maximum absolute atomic E-state index is 6.07. The zero-order valence-corrected chi connectivity index (χ0v) is 34.4. The Hall–Kier alpha value is -7.79. The van der Waals surface area contributed by atoms with Crippen LogP contribution < -0.4 is 14.0 Å². The summed E-state index contributed by atoms with van der Waals surface area (Å²) >= 11 is 0. The third-order valence-electron chi connectivity index (χ3n) is 11.0. The van der Waals surface area contributed by atoms with E-state index in [9.17, 15) is 0 Å². The summed E-state index contributed by atoms with van der Waals surface area (Å²) in [4.78, 5) is 0. The second kappa shape index (κ2) is 15.6. The van der Waals surface area contributed by atoms with Gasteiger partial charge in [0.05, 0.1) is 11.6 Å². The predicted molar refractivity (Wildman–Crippen MR) is 252 cm³/mol. The molecule has 2 aliphatic carbocycles. The number of terminal acetylenes is 2. The van der Waals surface area contributed by atoms with Crippen LogP contribution in [0.25, 0.3) is 55.4 Å². The van der Waals surface area contributed by atoms with Gasteiger partial charge in [-0.1, -0.05) is 78.4 Å². The topological polar surface area (TPSA) is 22.3 Å². The van der Waals surface area contributed by atoms with Gasteiger partial charge in [-0.3, -0.25) is 0 Å². The summed E-state index contributed by atoms with van der Waals surface area (Å²) in [5.74, 6) is 20.8. The standard InChI is InChI=1S/C55H30NO2.Ir.10H2/c1-6-8-10-16-29-57-52-35-47-45-31-37(3)38(4)32-50(45)55(51(47)36-53(52)58-30-17-11-9-7-2)48-24-15-14-23-44(48)46-34-41(25-26-49(46)55)40-20-18-21-42(33-40)54-43-22-13-12-19-39(43)27-28-56(54)5;;;;;;;;;;;/h1-2,12-15,18-20,22-28,31-36H,5H2,3-4H3;;10*1H/q-1;;;;;;;;;;;. The van der Waals surface area contributed by atoms with Gasteiger partial charge in [-0.25, -0.2) is 0 Å². The van der Waals surface area contributed by atoms with Crippen molar-refractivity contribution in [2.75, 3.05) is 0 Å². The molecule has 7 aromatic rings. The third kappa shape index (κ3) is 6.29. The minimum atomic E-state index is -0.678. The Morgan fingerprint density at radius 2 is 1.24 bits per heavy atom. The predicted octanol–water partition coefficient (Wildman–Crippen LogP) is 12.3. The summed E-state index contributed by atoms with van der Waals surface area (Å²) < 4.78 is 14.0. The summed E-state index contributed by atoms with van der Waals surface area (Å²) in [6, 6.07) is 44.4. The molecule has 1 heterocycles. The summed E-state index contributed by atoms with van der Waals surface area (Å²) in [5, 5.41) is 2.27. The van der Waals surface area contributed by atoms with E-state index in [2.05, 4.69) is 184 Å². The molecule has 6 aromatic carbocycles. The van der Waals surface area contributed by atoms with Gasteiger partial charge in [-0.05, 0) is 134 Å². The van der Waals surface area contributed by atoms with Crippen molar-refractivity contribution in [3.63, 3.8) is 0 Å². The van der Waals surface area contributed by atoms with Gasteiger partial charge in [0.1, 0.15) is 17.9 Å². The number of benzene rings is 6. The molecule has 4 heteroatoms. The van der Waals surface area contributed by atoms with Crippen molar-refractivity contribution in [1.82, 2.24) is 0 Å². The number of aryl methyl sites for hydroxylation is 2. The quantitative estimate of drug-likeness (QED) is 0.0996. The van der Waals surface area contributed by atoms with Crippen LogP contribution in [-0.2, 0) is 25.5 Å². The number of rotatable bonds is 4. The van der Waals surface area contributed by atoms with E-state index in [1.165, 1.54) is 27.8 Å². The second-order valence-electron chi connectivity index (χ2n) is 14.0. The number of hydrogen-bond acceptors (Lipinski definition) is 2. The van der Waals surface area contributed by atoms with Crippen LogP contribution in [0.15, 0.2) is 121 Å². The molecule has 2 aliphatic rings. The minimum absolute atomic E-state index is 0. The van der Waals surface area contributed by atoms with E-state index >= 15 is 0 Å². The van der Waals surface area contributed by atoms with E-state index in [-0.39, 0.29) is 34.4 Å². The van der Waals surface area contributed by atoms with Crippen LogP contribution in [-0.4, -0.2) is 0 Å². The normalized spacial score (nSPS) is 13.0. The largest absolute Gasteiger partial charge is 0.403 e. The van der Waals surface area contributed by atoms with Crippen molar-refractivity contribution in [1.29, 1.82) is 0 Å². The van der Waals surface area contributed by atoms with Gasteiger partial charge in [-0.2, -0.15) is 0 Å². The van der Waals surface area contributed by atoms with Gasteiger partial charge in [-0.15, -0.1) is 42.7 Å². The molecule has 1 atom stereocenters. The van der Waals surface area contributed by atoms with Crippen LogP contribution in [0, 0.1) is 99.4 Å². The van der Waals surface area contributed by atoms with Crippen molar-refractivity contribution >= 4 is 10.8 Å². The molecule has 0 N–H and O–H groups in total. The van der Waals surface area contributed by atoms with Crippen molar-refractivity contribution < 1.29 is 48.4 Å². The first-order valence-corrected chi connectivity index (χ1v) is 18.5. The van der Waals surface area contributed by atoms with Crippen molar-refractivity contribution in [3.05, 3.63) is 168 Å². The SMILES string of the molecule is C#CC#CC#COc1cc2c(cc1OC#CC#CC#C)C1(c3ccccc3-c3cc(-c4cc[c-]c(-c5c6ccccc6cc[n+]5[CH2-])c4)ccc31)c1cc(C)c(C)cc1-2.[HH].[HH].[HH].[HH].[HH].[HH].[HH].[HH].[HH].[HH].[Ir]. The number of hydrogen-bond donors (Lipinski definition) is 0. The van der Waals surface area contributed by atoms with Crippen LogP contribution in [0.5, 0.6) is 11.5 Å².